The highest BCUT2D eigenvalue weighted by molar-refractivity contribution is 5.29. The van der Waals surface area contributed by atoms with Gasteiger partial charge in [-0.25, -0.2) is 0 Å². The van der Waals surface area contributed by atoms with E-state index in [-0.39, 0.29) is 0 Å². The molecule has 3 rings (SSSR count). The maximum atomic E-state index is 5.27. The number of nitrogens with zero attached hydrogens (tertiary/aromatic N) is 1. The first kappa shape index (κ1) is 14.9. The molecule has 0 radical (unpaired) electrons. The second-order valence-corrected chi connectivity index (χ2v) is 6.64. The van der Waals surface area contributed by atoms with Crippen LogP contribution in [0.15, 0.2) is 24.3 Å². The minimum Gasteiger partial charge on any atom is -0.497 e. The SMILES string of the molecule is COc1ccc(C(C)N(CC2CC2)CC2CCCN2)cc1. The smallest absolute Gasteiger partial charge is 0.118 e. The van der Waals surface area contributed by atoms with Crippen molar-refractivity contribution in [2.75, 3.05) is 26.7 Å². The van der Waals surface area contributed by atoms with Crippen molar-refractivity contribution < 1.29 is 4.74 Å². The van der Waals surface area contributed by atoms with Gasteiger partial charge in [-0.05, 0) is 62.8 Å². The van der Waals surface area contributed by atoms with Gasteiger partial charge >= 0.3 is 0 Å². The molecule has 1 heterocycles. The summed E-state index contributed by atoms with van der Waals surface area (Å²) in [5.74, 6) is 1.88. The highest BCUT2D eigenvalue weighted by Crippen LogP contribution is 2.33. The zero-order valence-electron chi connectivity index (χ0n) is 13.3. The van der Waals surface area contributed by atoms with Gasteiger partial charge in [-0.2, -0.15) is 0 Å². The molecule has 116 valence electrons. The summed E-state index contributed by atoms with van der Waals surface area (Å²) in [6, 6.07) is 9.75. The Balaban J connectivity index is 1.66. The van der Waals surface area contributed by atoms with E-state index in [9.17, 15) is 0 Å². The molecule has 3 heteroatoms. The van der Waals surface area contributed by atoms with Gasteiger partial charge in [0.05, 0.1) is 7.11 Å². The second kappa shape index (κ2) is 6.80. The quantitative estimate of drug-likeness (QED) is 0.834. The summed E-state index contributed by atoms with van der Waals surface area (Å²) in [6.07, 6.45) is 5.50. The Kier molecular flexibility index (Phi) is 4.81. The van der Waals surface area contributed by atoms with Gasteiger partial charge in [-0.15, -0.1) is 0 Å². The fourth-order valence-electron chi connectivity index (χ4n) is 3.31. The molecular formula is C18H28N2O. The van der Waals surface area contributed by atoms with Crippen molar-refractivity contribution in [2.45, 2.75) is 44.7 Å². The van der Waals surface area contributed by atoms with Crippen molar-refractivity contribution in [3.8, 4) is 5.75 Å². The van der Waals surface area contributed by atoms with Crippen LogP contribution in [0.1, 0.15) is 44.2 Å². The lowest BCUT2D eigenvalue weighted by molar-refractivity contribution is 0.184. The maximum absolute atomic E-state index is 5.27. The Morgan fingerprint density at radius 2 is 1.95 bits per heavy atom. The number of ether oxygens (including phenoxy) is 1. The molecule has 1 saturated heterocycles. The first-order valence-electron chi connectivity index (χ1n) is 8.37. The number of nitrogens with one attached hydrogen (secondary N) is 1. The van der Waals surface area contributed by atoms with Crippen LogP contribution in [0.25, 0.3) is 0 Å². The Labute approximate surface area is 128 Å². The number of rotatable bonds is 7. The predicted octanol–water partition coefficient (Wildman–Crippen LogP) is 3.22. The molecule has 2 aliphatic rings. The lowest BCUT2D eigenvalue weighted by Crippen LogP contribution is -2.40. The number of methoxy groups -OCH3 is 1. The van der Waals surface area contributed by atoms with E-state index in [4.69, 9.17) is 4.74 Å². The molecule has 1 saturated carbocycles. The van der Waals surface area contributed by atoms with Crippen molar-refractivity contribution in [1.29, 1.82) is 0 Å². The van der Waals surface area contributed by atoms with Crippen LogP contribution < -0.4 is 10.1 Å². The van der Waals surface area contributed by atoms with E-state index in [1.165, 1.54) is 50.9 Å². The third-order valence-electron chi connectivity index (χ3n) is 4.95. The maximum Gasteiger partial charge on any atom is 0.118 e. The lowest BCUT2D eigenvalue weighted by atomic mass is 10.0. The molecule has 1 aliphatic heterocycles. The molecule has 1 N–H and O–H groups in total. The van der Waals surface area contributed by atoms with E-state index in [2.05, 4.69) is 41.4 Å². The van der Waals surface area contributed by atoms with E-state index >= 15 is 0 Å². The van der Waals surface area contributed by atoms with Crippen molar-refractivity contribution in [1.82, 2.24) is 10.2 Å². The molecule has 3 nitrogen and oxygen atoms in total. The molecule has 2 unspecified atom stereocenters. The molecule has 21 heavy (non-hydrogen) atoms. The summed E-state index contributed by atoms with van der Waals surface area (Å²) >= 11 is 0. The van der Waals surface area contributed by atoms with E-state index in [0.717, 1.165) is 11.7 Å². The summed E-state index contributed by atoms with van der Waals surface area (Å²) in [5, 5.41) is 3.64. The fourth-order valence-corrected chi connectivity index (χ4v) is 3.31. The van der Waals surface area contributed by atoms with Gasteiger partial charge in [0.1, 0.15) is 5.75 Å². The molecule has 1 aromatic carbocycles. The van der Waals surface area contributed by atoms with E-state index in [1.807, 2.05) is 0 Å². The van der Waals surface area contributed by atoms with Crippen LogP contribution in [-0.2, 0) is 0 Å². The van der Waals surface area contributed by atoms with E-state index < -0.39 is 0 Å². The molecular weight excluding hydrogens is 260 g/mol. The van der Waals surface area contributed by atoms with Gasteiger partial charge in [0, 0.05) is 25.2 Å². The average molecular weight is 288 g/mol. The predicted molar refractivity (Wildman–Crippen MR) is 86.7 cm³/mol. The third kappa shape index (κ3) is 3.98. The molecule has 1 aromatic rings. The molecule has 2 atom stereocenters. The molecule has 0 bridgehead atoms. The van der Waals surface area contributed by atoms with Gasteiger partial charge in [0.15, 0.2) is 0 Å². The van der Waals surface area contributed by atoms with Crippen LogP contribution >= 0.6 is 0 Å². The van der Waals surface area contributed by atoms with Crippen LogP contribution in [0.4, 0.5) is 0 Å². The standard InChI is InChI=1S/C18H28N2O/c1-14(16-7-9-18(21-2)10-8-16)20(12-15-5-6-15)13-17-4-3-11-19-17/h7-10,14-15,17,19H,3-6,11-13H2,1-2H3. The van der Waals surface area contributed by atoms with Gasteiger partial charge in [0.25, 0.3) is 0 Å². The van der Waals surface area contributed by atoms with Crippen molar-refractivity contribution in [3.05, 3.63) is 29.8 Å². The zero-order valence-corrected chi connectivity index (χ0v) is 13.3. The highest BCUT2D eigenvalue weighted by atomic mass is 16.5. The molecule has 0 aromatic heterocycles. The second-order valence-electron chi connectivity index (χ2n) is 6.64. The van der Waals surface area contributed by atoms with E-state index in [0.29, 0.717) is 12.1 Å². The summed E-state index contributed by atoms with van der Waals surface area (Å²) in [4.78, 5) is 2.68. The van der Waals surface area contributed by atoms with Gasteiger partial charge in [0.2, 0.25) is 0 Å². The van der Waals surface area contributed by atoms with Gasteiger partial charge in [-0.3, -0.25) is 4.90 Å². The summed E-state index contributed by atoms with van der Waals surface area (Å²) in [5.41, 5.74) is 1.40. The summed E-state index contributed by atoms with van der Waals surface area (Å²) in [7, 11) is 1.73. The molecule has 2 fully saturated rings. The Morgan fingerprint density at radius 3 is 2.52 bits per heavy atom. The lowest BCUT2D eigenvalue weighted by Gasteiger charge is -2.32. The van der Waals surface area contributed by atoms with Crippen LogP contribution in [0.3, 0.4) is 0 Å². The van der Waals surface area contributed by atoms with Crippen molar-refractivity contribution in [2.24, 2.45) is 5.92 Å². The summed E-state index contributed by atoms with van der Waals surface area (Å²) in [6.45, 7) is 5.98. The fraction of sp³-hybridized carbons (Fsp3) is 0.667. The first-order chi connectivity index (χ1) is 10.3. The normalized spacial score (nSPS) is 23.5. The third-order valence-corrected chi connectivity index (χ3v) is 4.95. The summed E-state index contributed by atoms with van der Waals surface area (Å²) < 4.78 is 5.27. The topological polar surface area (TPSA) is 24.5 Å². The monoisotopic (exact) mass is 288 g/mol. The first-order valence-corrected chi connectivity index (χ1v) is 8.37. The molecule has 0 spiro atoms. The number of benzene rings is 1. The van der Waals surface area contributed by atoms with Crippen molar-refractivity contribution >= 4 is 0 Å². The number of hydrogen-bond donors (Lipinski definition) is 1. The van der Waals surface area contributed by atoms with Crippen LogP contribution in [0.5, 0.6) is 5.75 Å². The van der Waals surface area contributed by atoms with Gasteiger partial charge in [-0.1, -0.05) is 12.1 Å². The molecule has 0 amide bonds. The van der Waals surface area contributed by atoms with Crippen LogP contribution in [0.2, 0.25) is 0 Å². The highest BCUT2D eigenvalue weighted by Gasteiger charge is 2.29. The van der Waals surface area contributed by atoms with Gasteiger partial charge < -0.3 is 10.1 Å². The van der Waals surface area contributed by atoms with Crippen LogP contribution in [-0.4, -0.2) is 37.7 Å². The number of hydrogen-bond acceptors (Lipinski definition) is 3. The minimum absolute atomic E-state index is 0.485. The van der Waals surface area contributed by atoms with Crippen molar-refractivity contribution in [3.63, 3.8) is 0 Å². The van der Waals surface area contributed by atoms with E-state index in [1.54, 1.807) is 7.11 Å². The Morgan fingerprint density at radius 1 is 1.19 bits per heavy atom. The minimum atomic E-state index is 0.485. The average Bonchev–Trinajstić information content (AvgIpc) is 3.19. The zero-order chi connectivity index (χ0) is 14.7. The Hall–Kier alpha value is -1.06. The largest absolute Gasteiger partial charge is 0.497 e. The Bertz CT molecular complexity index is 435. The van der Waals surface area contributed by atoms with Crippen LogP contribution in [0, 0.1) is 5.92 Å². The molecule has 1 aliphatic carbocycles.